The Labute approximate surface area is 172 Å². The van der Waals surface area contributed by atoms with Gasteiger partial charge in [0.1, 0.15) is 5.75 Å². The SMILES string of the molecule is CCOc1ccccc1N1CCN(C(=O)c2ccnc(CN)c2)CC1.Cl.Cl. The minimum Gasteiger partial charge on any atom is -0.492 e. The van der Waals surface area contributed by atoms with Gasteiger partial charge in [0.2, 0.25) is 0 Å². The van der Waals surface area contributed by atoms with Crippen LogP contribution in [0.5, 0.6) is 5.75 Å². The molecule has 1 fully saturated rings. The number of carbonyl (C=O) groups excluding carboxylic acids is 1. The molecule has 148 valence electrons. The first-order valence-electron chi connectivity index (χ1n) is 8.64. The van der Waals surface area contributed by atoms with Crippen LogP contribution >= 0.6 is 24.8 Å². The molecule has 1 saturated heterocycles. The molecule has 6 nitrogen and oxygen atoms in total. The lowest BCUT2D eigenvalue weighted by Crippen LogP contribution is -2.48. The van der Waals surface area contributed by atoms with Crippen LogP contribution in [0.1, 0.15) is 23.0 Å². The highest BCUT2D eigenvalue weighted by Gasteiger charge is 2.23. The van der Waals surface area contributed by atoms with E-state index in [0.717, 1.165) is 30.2 Å². The number of hydrogen-bond acceptors (Lipinski definition) is 5. The number of aromatic nitrogens is 1. The Hall–Kier alpha value is -2.02. The van der Waals surface area contributed by atoms with E-state index in [9.17, 15) is 4.79 Å². The molecule has 1 amide bonds. The molecule has 27 heavy (non-hydrogen) atoms. The topological polar surface area (TPSA) is 71.7 Å². The number of pyridine rings is 1. The molecule has 1 aromatic carbocycles. The number of nitrogens with two attached hydrogens (primary N) is 1. The average Bonchev–Trinajstić information content (AvgIpc) is 2.68. The van der Waals surface area contributed by atoms with Crippen molar-refractivity contribution in [2.24, 2.45) is 5.73 Å². The molecule has 2 aromatic rings. The van der Waals surface area contributed by atoms with Crippen LogP contribution in [0.15, 0.2) is 42.6 Å². The molecular weight excluding hydrogens is 387 g/mol. The monoisotopic (exact) mass is 412 g/mol. The molecule has 2 N–H and O–H groups in total. The first-order chi connectivity index (χ1) is 12.2. The molecule has 3 rings (SSSR count). The Bertz CT molecular complexity index is 737. The molecule has 1 aliphatic heterocycles. The van der Waals surface area contributed by atoms with E-state index in [1.807, 2.05) is 30.0 Å². The van der Waals surface area contributed by atoms with Crippen molar-refractivity contribution in [3.05, 3.63) is 53.9 Å². The highest BCUT2D eigenvalue weighted by atomic mass is 35.5. The quantitative estimate of drug-likeness (QED) is 0.816. The van der Waals surface area contributed by atoms with E-state index in [0.29, 0.717) is 31.8 Å². The van der Waals surface area contributed by atoms with Gasteiger partial charge in [-0.2, -0.15) is 0 Å². The number of anilines is 1. The number of rotatable bonds is 5. The van der Waals surface area contributed by atoms with Gasteiger partial charge in [-0.15, -0.1) is 24.8 Å². The summed E-state index contributed by atoms with van der Waals surface area (Å²) in [6, 6.07) is 11.6. The van der Waals surface area contributed by atoms with Gasteiger partial charge in [0, 0.05) is 44.5 Å². The lowest BCUT2D eigenvalue weighted by molar-refractivity contribution is 0.0746. The Kier molecular flexibility index (Phi) is 9.35. The van der Waals surface area contributed by atoms with Crippen LogP contribution in [0, 0.1) is 0 Å². The third kappa shape index (κ3) is 5.48. The zero-order chi connectivity index (χ0) is 17.6. The maximum absolute atomic E-state index is 12.7. The number of nitrogens with zero attached hydrogens (tertiary/aromatic N) is 3. The molecule has 0 saturated carbocycles. The largest absolute Gasteiger partial charge is 0.492 e. The zero-order valence-corrected chi connectivity index (χ0v) is 17.0. The number of para-hydroxylation sites is 2. The van der Waals surface area contributed by atoms with E-state index in [1.165, 1.54) is 0 Å². The Morgan fingerprint density at radius 2 is 1.85 bits per heavy atom. The van der Waals surface area contributed by atoms with E-state index in [-0.39, 0.29) is 30.7 Å². The van der Waals surface area contributed by atoms with Crippen molar-refractivity contribution in [3.8, 4) is 5.75 Å². The lowest BCUT2D eigenvalue weighted by atomic mass is 10.1. The Balaban J connectivity index is 0.00000182. The molecular formula is C19H26Cl2N4O2. The maximum atomic E-state index is 12.7. The van der Waals surface area contributed by atoms with Crippen molar-refractivity contribution in [2.45, 2.75) is 13.5 Å². The van der Waals surface area contributed by atoms with Gasteiger partial charge in [-0.25, -0.2) is 0 Å². The van der Waals surface area contributed by atoms with Gasteiger partial charge < -0.3 is 20.3 Å². The molecule has 1 aliphatic rings. The number of amides is 1. The summed E-state index contributed by atoms with van der Waals surface area (Å²) in [4.78, 5) is 21.0. The number of benzene rings is 1. The van der Waals surface area contributed by atoms with E-state index >= 15 is 0 Å². The van der Waals surface area contributed by atoms with Crippen LogP contribution in [-0.2, 0) is 6.54 Å². The fourth-order valence-corrected chi connectivity index (χ4v) is 3.05. The summed E-state index contributed by atoms with van der Waals surface area (Å²) >= 11 is 0. The van der Waals surface area contributed by atoms with Crippen LogP contribution in [-0.4, -0.2) is 48.6 Å². The first-order valence-corrected chi connectivity index (χ1v) is 8.64. The summed E-state index contributed by atoms with van der Waals surface area (Å²) in [7, 11) is 0. The van der Waals surface area contributed by atoms with Crippen molar-refractivity contribution in [3.63, 3.8) is 0 Å². The predicted octanol–water partition coefficient (Wildman–Crippen LogP) is 2.75. The summed E-state index contributed by atoms with van der Waals surface area (Å²) in [6.45, 7) is 5.89. The normalized spacial score (nSPS) is 13.4. The van der Waals surface area contributed by atoms with Crippen LogP contribution in [0.2, 0.25) is 0 Å². The van der Waals surface area contributed by atoms with Crippen molar-refractivity contribution in [1.29, 1.82) is 0 Å². The molecule has 0 radical (unpaired) electrons. The molecule has 2 heterocycles. The standard InChI is InChI=1S/C19H24N4O2.2ClH/c1-2-25-18-6-4-3-5-17(18)22-9-11-23(12-10-22)19(24)15-7-8-21-16(13-15)14-20;;/h3-8,13H,2,9-12,14,20H2,1H3;2*1H. The molecule has 0 unspecified atom stereocenters. The number of ether oxygens (including phenoxy) is 1. The summed E-state index contributed by atoms with van der Waals surface area (Å²) in [5, 5.41) is 0. The minimum atomic E-state index is 0. The van der Waals surface area contributed by atoms with E-state index in [2.05, 4.69) is 16.0 Å². The summed E-state index contributed by atoms with van der Waals surface area (Å²) in [5.41, 5.74) is 8.08. The number of piperazine rings is 1. The number of carbonyl (C=O) groups is 1. The summed E-state index contributed by atoms with van der Waals surface area (Å²) < 4.78 is 5.72. The first kappa shape index (κ1) is 23.0. The predicted molar refractivity (Wildman–Crippen MR) is 112 cm³/mol. The molecule has 0 aliphatic carbocycles. The number of hydrogen-bond donors (Lipinski definition) is 1. The van der Waals surface area contributed by atoms with Gasteiger partial charge in [0.05, 0.1) is 18.0 Å². The van der Waals surface area contributed by atoms with Crippen molar-refractivity contribution < 1.29 is 9.53 Å². The zero-order valence-electron chi connectivity index (χ0n) is 15.3. The third-order valence-electron chi connectivity index (χ3n) is 4.35. The van der Waals surface area contributed by atoms with Gasteiger partial charge in [-0.1, -0.05) is 12.1 Å². The molecule has 0 atom stereocenters. The van der Waals surface area contributed by atoms with Gasteiger partial charge in [0.25, 0.3) is 5.91 Å². The summed E-state index contributed by atoms with van der Waals surface area (Å²) in [6.07, 6.45) is 1.64. The van der Waals surface area contributed by atoms with Crippen LogP contribution in [0.3, 0.4) is 0 Å². The van der Waals surface area contributed by atoms with E-state index in [4.69, 9.17) is 10.5 Å². The second kappa shape index (κ2) is 11.0. The van der Waals surface area contributed by atoms with Crippen LogP contribution in [0.25, 0.3) is 0 Å². The Morgan fingerprint density at radius 3 is 2.52 bits per heavy atom. The fraction of sp³-hybridized carbons (Fsp3) is 0.368. The van der Waals surface area contributed by atoms with Crippen molar-refractivity contribution in [2.75, 3.05) is 37.7 Å². The molecule has 0 bridgehead atoms. The van der Waals surface area contributed by atoms with Crippen LogP contribution in [0.4, 0.5) is 5.69 Å². The van der Waals surface area contributed by atoms with Crippen LogP contribution < -0.4 is 15.4 Å². The molecule has 1 aromatic heterocycles. The van der Waals surface area contributed by atoms with Gasteiger partial charge >= 0.3 is 0 Å². The third-order valence-corrected chi connectivity index (χ3v) is 4.35. The molecule has 8 heteroatoms. The highest BCUT2D eigenvalue weighted by molar-refractivity contribution is 5.94. The van der Waals surface area contributed by atoms with Gasteiger partial charge in [0.15, 0.2) is 0 Å². The second-order valence-electron chi connectivity index (χ2n) is 5.92. The van der Waals surface area contributed by atoms with E-state index < -0.39 is 0 Å². The molecule has 0 spiro atoms. The highest BCUT2D eigenvalue weighted by Crippen LogP contribution is 2.29. The maximum Gasteiger partial charge on any atom is 0.254 e. The smallest absolute Gasteiger partial charge is 0.254 e. The lowest BCUT2D eigenvalue weighted by Gasteiger charge is -2.36. The average molecular weight is 413 g/mol. The van der Waals surface area contributed by atoms with E-state index in [1.54, 1.807) is 18.3 Å². The van der Waals surface area contributed by atoms with Gasteiger partial charge in [-0.3, -0.25) is 9.78 Å². The minimum absolute atomic E-state index is 0. The second-order valence-corrected chi connectivity index (χ2v) is 5.92. The number of halogens is 2. The van der Waals surface area contributed by atoms with Crippen molar-refractivity contribution >= 4 is 36.4 Å². The Morgan fingerprint density at radius 1 is 1.15 bits per heavy atom. The fourth-order valence-electron chi connectivity index (χ4n) is 3.05. The van der Waals surface area contributed by atoms with Gasteiger partial charge in [-0.05, 0) is 31.2 Å². The summed E-state index contributed by atoms with van der Waals surface area (Å²) in [5.74, 6) is 0.932. The van der Waals surface area contributed by atoms with Crippen molar-refractivity contribution in [1.82, 2.24) is 9.88 Å².